The maximum atomic E-state index is 13.4. The third kappa shape index (κ3) is 5.34. The van der Waals surface area contributed by atoms with Crippen molar-refractivity contribution >= 4 is 28.4 Å². The highest BCUT2D eigenvalue weighted by Gasteiger charge is 2.36. The molecule has 224 valence electrons. The van der Waals surface area contributed by atoms with Gasteiger partial charge in [0.2, 0.25) is 5.95 Å². The summed E-state index contributed by atoms with van der Waals surface area (Å²) < 4.78 is 3.35. The van der Waals surface area contributed by atoms with Crippen LogP contribution in [0.4, 0.5) is 17.3 Å². The van der Waals surface area contributed by atoms with Crippen LogP contribution in [0.5, 0.6) is 0 Å². The summed E-state index contributed by atoms with van der Waals surface area (Å²) in [6.45, 7) is 6.78. The summed E-state index contributed by atoms with van der Waals surface area (Å²) in [4.78, 5) is 32.4. The lowest BCUT2D eigenvalue weighted by Crippen LogP contribution is -2.46. The molecule has 6 heterocycles. The molecule has 2 fully saturated rings. The standard InChI is InChI=1S/C33H40N8O2/c1-32(43)13-4-3-5-18-40-30(42)26-23-34-31(37-29(26)41(40)28-8-6-7-27(32)36-28)35-24-9-11-25(12-10-24)39-21-16-33(17-22-39)14-19-38(2)20-15-33/h3,5-12,23,43H,4,13-22H2,1-2H3,(H,34,35,37)/b5-3-. The molecule has 0 aliphatic carbocycles. The molecule has 2 N–H and O–H groups in total. The molecule has 3 aliphatic rings. The van der Waals surface area contributed by atoms with Crippen LogP contribution in [0.2, 0.25) is 0 Å². The number of likely N-dealkylation sites (tertiary alicyclic amines) is 1. The second-order valence-electron chi connectivity index (χ2n) is 12.8. The molecule has 1 unspecified atom stereocenters. The van der Waals surface area contributed by atoms with Gasteiger partial charge in [0.1, 0.15) is 11.0 Å². The topological polar surface area (TPSA) is 104 Å². The van der Waals surface area contributed by atoms with E-state index in [1.54, 1.807) is 22.5 Å². The van der Waals surface area contributed by atoms with Crippen LogP contribution in [0.1, 0.15) is 51.1 Å². The Hall–Kier alpha value is -4.02. The lowest BCUT2D eigenvalue weighted by atomic mass is 9.71. The molecule has 3 aromatic heterocycles. The van der Waals surface area contributed by atoms with Gasteiger partial charge >= 0.3 is 0 Å². The first-order valence-electron chi connectivity index (χ1n) is 15.4. The molecule has 2 bridgehead atoms. The predicted molar refractivity (Wildman–Crippen MR) is 169 cm³/mol. The number of piperidine rings is 2. The Morgan fingerprint density at radius 2 is 1.65 bits per heavy atom. The van der Waals surface area contributed by atoms with E-state index in [1.165, 1.54) is 44.5 Å². The first-order valence-corrected chi connectivity index (χ1v) is 15.4. The van der Waals surface area contributed by atoms with Crippen LogP contribution in [-0.4, -0.2) is 67.5 Å². The van der Waals surface area contributed by atoms with E-state index in [9.17, 15) is 9.90 Å². The number of benzene rings is 1. The van der Waals surface area contributed by atoms with Gasteiger partial charge in [-0.1, -0.05) is 18.2 Å². The molecule has 0 saturated carbocycles. The molecular weight excluding hydrogens is 540 g/mol. The molecule has 0 amide bonds. The highest BCUT2D eigenvalue weighted by molar-refractivity contribution is 5.77. The fourth-order valence-corrected chi connectivity index (χ4v) is 6.83. The van der Waals surface area contributed by atoms with Crippen LogP contribution in [0.15, 0.2) is 65.6 Å². The minimum absolute atomic E-state index is 0.183. The van der Waals surface area contributed by atoms with Crippen molar-refractivity contribution in [2.45, 2.75) is 57.6 Å². The molecule has 0 radical (unpaired) electrons. The maximum absolute atomic E-state index is 13.4. The van der Waals surface area contributed by atoms with Crippen molar-refractivity contribution in [1.82, 2.24) is 29.2 Å². The molecule has 10 nitrogen and oxygen atoms in total. The van der Waals surface area contributed by atoms with Crippen LogP contribution < -0.4 is 15.8 Å². The van der Waals surface area contributed by atoms with Gasteiger partial charge in [0.05, 0.1) is 12.2 Å². The third-order valence-corrected chi connectivity index (χ3v) is 9.78. The van der Waals surface area contributed by atoms with Crippen LogP contribution >= 0.6 is 0 Å². The number of anilines is 3. The van der Waals surface area contributed by atoms with E-state index in [0.717, 1.165) is 18.8 Å². The van der Waals surface area contributed by atoms with Crippen molar-refractivity contribution in [3.8, 4) is 5.82 Å². The number of nitrogens with one attached hydrogen (secondary N) is 1. The number of hydrogen-bond donors (Lipinski definition) is 2. The number of hydrogen-bond acceptors (Lipinski definition) is 8. The van der Waals surface area contributed by atoms with Crippen molar-refractivity contribution in [3.63, 3.8) is 0 Å². The van der Waals surface area contributed by atoms with Gasteiger partial charge in [0, 0.05) is 30.7 Å². The van der Waals surface area contributed by atoms with Crippen LogP contribution in [0.25, 0.3) is 16.9 Å². The molecule has 7 rings (SSSR count). The van der Waals surface area contributed by atoms with Crippen LogP contribution in [-0.2, 0) is 12.1 Å². The van der Waals surface area contributed by atoms with E-state index in [2.05, 4.69) is 51.4 Å². The maximum Gasteiger partial charge on any atom is 0.278 e. The fourth-order valence-electron chi connectivity index (χ4n) is 6.83. The quantitative estimate of drug-likeness (QED) is 0.339. The number of aromatic nitrogens is 5. The molecule has 4 aromatic rings. The SMILES string of the molecule is CN1CCC2(CC1)CCN(c1ccc(Nc3ncc4c(=O)n5n(c4n3)-c3cccc(n3)C(C)(O)CC/C=C\C5)cc1)CC2. The largest absolute Gasteiger partial charge is 0.384 e. The second kappa shape index (κ2) is 10.9. The van der Waals surface area contributed by atoms with Crippen molar-refractivity contribution in [3.05, 3.63) is 76.9 Å². The van der Waals surface area contributed by atoms with Crippen LogP contribution in [0.3, 0.4) is 0 Å². The predicted octanol–water partition coefficient (Wildman–Crippen LogP) is 4.59. The van der Waals surface area contributed by atoms with Gasteiger partial charge in [0.15, 0.2) is 11.5 Å². The highest BCUT2D eigenvalue weighted by Crippen LogP contribution is 2.42. The van der Waals surface area contributed by atoms with E-state index >= 15 is 0 Å². The first kappa shape index (κ1) is 27.8. The van der Waals surface area contributed by atoms with Crippen molar-refractivity contribution in [2.75, 3.05) is 43.4 Å². The summed E-state index contributed by atoms with van der Waals surface area (Å²) >= 11 is 0. The summed E-state index contributed by atoms with van der Waals surface area (Å²) in [5.74, 6) is 0.925. The number of aliphatic hydroxyl groups is 1. The Morgan fingerprint density at radius 1 is 0.907 bits per heavy atom. The molecule has 1 aromatic carbocycles. The lowest BCUT2D eigenvalue weighted by Gasteiger charge is -2.46. The molecule has 2 saturated heterocycles. The Balaban J connectivity index is 1.14. The van der Waals surface area contributed by atoms with E-state index in [0.29, 0.717) is 53.3 Å². The average Bonchev–Trinajstić information content (AvgIpc) is 3.29. The molecular formula is C33H40N8O2. The van der Waals surface area contributed by atoms with E-state index in [4.69, 9.17) is 9.97 Å². The van der Waals surface area contributed by atoms with E-state index < -0.39 is 5.60 Å². The van der Waals surface area contributed by atoms with Crippen molar-refractivity contribution in [1.29, 1.82) is 0 Å². The van der Waals surface area contributed by atoms with Gasteiger partial charge in [0.25, 0.3) is 5.56 Å². The van der Waals surface area contributed by atoms with Crippen molar-refractivity contribution < 1.29 is 5.11 Å². The zero-order valence-electron chi connectivity index (χ0n) is 25.0. The first-order chi connectivity index (χ1) is 20.8. The molecule has 1 spiro atoms. The molecule has 1 atom stereocenters. The Labute approximate surface area is 251 Å². The summed E-state index contributed by atoms with van der Waals surface area (Å²) in [5.41, 5.74) is 2.40. The van der Waals surface area contributed by atoms with Crippen molar-refractivity contribution in [2.24, 2.45) is 5.41 Å². The zero-order chi connectivity index (χ0) is 29.6. The minimum Gasteiger partial charge on any atom is -0.384 e. The van der Waals surface area contributed by atoms with E-state index in [-0.39, 0.29) is 5.56 Å². The van der Waals surface area contributed by atoms with Gasteiger partial charge in [-0.05, 0) is 107 Å². The number of fused-ring (bicyclic) bond motifs is 6. The summed E-state index contributed by atoms with van der Waals surface area (Å²) in [5, 5.41) is 14.8. The lowest BCUT2D eigenvalue weighted by molar-refractivity contribution is 0.0443. The Bertz CT molecular complexity index is 1700. The van der Waals surface area contributed by atoms with Gasteiger partial charge in [-0.15, -0.1) is 0 Å². The summed E-state index contributed by atoms with van der Waals surface area (Å²) in [7, 11) is 2.23. The highest BCUT2D eigenvalue weighted by atomic mass is 16.3. The van der Waals surface area contributed by atoms with Gasteiger partial charge in [-0.2, -0.15) is 4.98 Å². The summed E-state index contributed by atoms with van der Waals surface area (Å²) in [6, 6.07) is 14.0. The Morgan fingerprint density at radius 3 is 2.42 bits per heavy atom. The number of allylic oxidation sites excluding steroid dienone is 2. The zero-order valence-corrected chi connectivity index (χ0v) is 25.0. The van der Waals surface area contributed by atoms with Gasteiger partial charge in [-0.25, -0.2) is 19.3 Å². The van der Waals surface area contributed by atoms with E-state index in [1.807, 2.05) is 30.4 Å². The average molecular weight is 581 g/mol. The van der Waals surface area contributed by atoms with Crippen LogP contribution in [0, 0.1) is 5.41 Å². The minimum atomic E-state index is -1.09. The monoisotopic (exact) mass is 580 g/mol. The molecule has 10 heteroatoms. The van der Waals surface area contributed by atoms with Gasteiger partial charge in [-0.3, -0.25) is 4.79 Å². The Kier molecular flexibility index (Phi) is 7.05. The smallest absolute Gasteiger partial charge is 0.278 e. The van der Waals surface area contributed by atoms with Gasteiger partial charge < -0.3 is 20.2 Å². The fraction of sp³-hybridized carbons (Fsp3) is 0.455. The number of rotatable bonds is 3. The number of pyridine rings is 1. The second-order valence-corrected chi connectivity index (χ2v) is 12.8. The molecule has 43 heavy (non-hydrogen) atoms. The number of nitrogens with zero attached hydrogens (tertiary/aromatic N) is 7. The summed E-state index contributed by atoms with van der Waals surface area (Å²) in [6.07, 6.45) is 11.9. The molecule has 3 aliphatic heterocycles. The normalized spacial score (nSPS) is 23.1. The third-order valence-electron chi connectivity index (χ3n) is 9.78.